The number of aromatic nitrogens is 2. The molecule has 1 unspecified atom stereocenters. The van der Waals surface area contributed by atoms with E-state index >= 15 is 0 Å². The van der Waals surface area contributed by atoms with Gasteiger partial charge < -0.3 is 10.1 Å². The number of anilines is 1. The van der Waals surface area contributed by atoms with Crippen molar-refractivity contribution >= 4 is 23.1 Å². The Morgan fingerprint density at radius 1 is 1.59 bits per heavy atom. The van der Waals surface area contributed by atoms with Crippen LogP contribution in [0.25, 0.3) is 0 Å². The average molecular weight is 259 g/mol. The van der Waals surface area contributed by atoms with E-state index in [0.29, 0.717) is 6.61 Å². The highest BCUT2D eigenvalue weighted by Crippen LogP contribution is 2.29. The van der Waals surface area contributed by atoms with Crippen LogP contribution in [0, 0.1) is 10.1 Å². The van der Waals surface area contributed by atoms with E-state index in [0.717, 1.165) is 19.4 Å². The van der Waals surface area contributed by atoms with Crippen LogP contribution in [0.5, 0.6) is 0 Å². The van der Waals surface area contributed by atoms with Crippen LogP contribution in [0.2, 0.25) is 5.15 Å². The normalized spacial score (nSPS) is 19.9. The third-order valence-electron chi connectivity index (χ3n) is 2.46. The number of nitrogens with one attached hydrogen (secondary N) is 1. The molecule has 2 rings (SSSR count). The van der Waals surface area contributed by atoms with Crippen molar-refractivity contribution in [2.24, 2.45) is 0 Å². The van der Waals surface area contributed by atoms with Crippen molar-refractivity contribution in [3.05, 3.63) is 21.6 Å². The zero-order chi connectivity index (χ0) is 12.3. The Balaban J connectivity index is 2.19. The molecule has 7 nitrogen and oxygen atoms in total. The standard InChI is InChI=1S/C9H11ClN4O3/c10-8-7(14(15)16)9(12-5-11-8)13-6-2-1-3-17-4-6/h5-6H,1-4H2,(H,11,12,13). The Morgan fingerprint density at radius 2 is 2.41 bits per heavy atom. The maximum Gasteiger partial charge on any atom is 0.348 e. The lowest BCUT2D eigenvalue weighted by Gasteiger charge is -2.23. The van der Waals surface area contributed by atoms with Crippen LogP contribution in [-0.4, -0.2) is 34.1 Å². The van der Waals surface area contributed by atoms with Gasteiger partial charge in [0.2, 0.25) is 11.0 Å². The molecule has 1 atom stereocenters. The summed E-state index contributed by atoms with van der Waals surface area (Å²) in [5.41, 5.74) is -0.292. The Morgan fingerprint density at radius 3 is 3.06 bits per heavy atom. The van der Waals surface area contributed by atoms with E-state index in [1.807, 2.05) is 0 Å². The monoisotopic (exact) mass is 258 g/mol. The minimum Gasteiger partial charge on any atom is -0.379 e. The van der Waals surface area contributed by atoms with E-state index in [-0.39, 0.29) is 22.7 Å². The number of ether oxygens (including phenoxy) is 1. The highest BCUT2D eigenvalue weighted by atomic mass is 35.5. The molecular formula is C9H11ClN4O3. The lowest BCUT2D eigenvalue weighted by atomic mass is 10.1. The van der Waals surface area contributed by atoms with Gasteiger partial charge >= 0.3 is 5.69 Å². The van der Waals surface area contributed by atoms with Crippen molar-refractivity contribution in [3.8, 4) is 0 Å². The van der Waals surface area contributed by atoms with E-state index in [1.165, 1.54) is 6.33 Å². The summed E-state index contributed by atoms with van der Waals surface area (Å²) in [6.07, 6.45) is 3.00. The van der Waals surface area contributed by atoms with Gasteiger partial charge in [0, 0.05) is 6.61 Å². The molecule has 1 aliphatic heterocycles. The van der Waals surface area contributed by atoms with Crippen molar-refractivity contribution in [2.75, 3.05) is 18.5 Å². The molecule has 92 valence electrons. The fourth-order valence-electron chi connectivity index (χ4n) is 1.67. The molecule has 1 aromatic heterocycles. The van der Waals surface area contributed by atoms with Crippen molar-refractivity contribution in [3.63, 3.8) is 0 Å². The SMILES string of the molecule is O=[N+]([O-])c1c(Cl)ncnc1NC1CCCOC1. The largest absolute Gasteiger partial charge is 0.379 e. The van der Waals surface area contributed by atoms with Gasteiger partial charge in [-0.15, -0.1) is 0 Å². The van der Waals surface area contributed by atoms with Gasteiger partial charge in [-0.3, -0.25) is 10.1 Å². The molecule has 0 aromatic carbocycles. The van der Waals surface area contributed by atoms with Gasteiger partial charge in [0.25, 0.3) is 0 Å². The lowest BCUT2D eigenvalue weighted by molar-refractivity contribution is -0.384. The van der Waals surface area contributed by atoms with E-state index in [2.05, 4.69) is 15.3 Å². The van der Waals surface area contributed by atoms with Crippen LogP contribution in [0.15, 0.2) is 6.33 Å². The van der Waals surface area contributed by atoms with Crippen LogP contribution in [0.1, 0.15) is 12.8 Å². The first kappa shape index (κ1) is 12.0. The fourth-order valence-corrected chi connectivity index (χ4v) is 1.87. The molecule has 1 aromatic rings. The van der Waals surface area contributed by atoms with E-state index in [9.17, 15) is 10.1 Å². The first-order valence-corrected chi connectivity index (χ1v) is 5.55. The lowest BCUT2D eigenvalue weighted by Crippen LogP contribution is -2.30. The smallest absolute Gasteiger partial charge is 0.348 e. The molecule has 2 heterocycles. The predicted octanol–water partition coefficient (Wildman–Crippen LogP) is 1.63. The molecule has 0 bridgehead atoms. The Bertz CT molecular complexity index is 423. The van der Waals surface area contributed by atoms with Crippen molar-refractivity contribution < 1.29 is 9.66 Å². The summed E-state index contributed by atoms with van der Waals surface area (Å²) in [7, 11) is 0. The van der Waals surface area contributed by atoms with Crippen LogP contribution in [0.4, 0.5) is 11.5 Å². The van der Waals surface area contributed by atoms with Gasteiger partial charge in [-0.1, -0.05) is 11.6 Å². The van der Waals surface area contributed by atoms with Crippen LogP contribution < -0.4 is 5.32 Å². The van der Waals surface area contributed by atoms with Gasteiger partial charge in [-0.2, -0.15) is 0 Å². The topological polar surface area (TPSA) is 90.2 Å². The molecule has 1 saturated heterocycles. The summed E-state index contributed by atoms with van der Waals surface area (Å²) in [4.78, 5) is 17.7. The summed E-state index contributed by atoms with van der Waals surface area (Å²) in [6, 6.07) is 0.0217. The Kier molecular flexibility index (Phi) is 3.70. The number of hydrogen-bond acceptors (Lipinski definition) is 6. The molecule has 1 fully saturated rings. The number of hydrogen-bond donors (Lipinski definition) is 1. The molecule has 0 saturated carbocycles. The maximum atomic E-state index is 10.9. The third kappa shape index (κ3) is 2.80. The fraction of sp³-hybridized carbons (Fsp3) is 0.556. The van der Waals surface area contributed by atoms with Gasteiger partial charge in [-0.05, 0) is 12.8 Å². The first-order chi connectivity index (χ1) is 8.18. The summed E-state index contributed by atoms with van der Waals surface area (Å²) < 4.78 is 5.28. The van der Waals surface area contributed by atoms with E-state index < -0.39 is 4.92 Å². The molecule has 0 amide bonds. The maximum absolute atomic E-state index is 10.9. The number of rotatable bonds is 3. The Labute approximate surface area is 102 Å². The van der Waals surface area contributed by atoms with Gasteiger partial charge in [-0.25, -0.2) is 9.97 Å². The minimum absolute atomic E-state index is 0.0217. The zero-order valence-corrected chi connectivity index (χ0v) is 9.68. The number of nitro groups is 1. The quantitative estimate of drug-likeness (QED) is 0.503. The number of halogens is 1. The average Bonchev–Trinajstić information content (AvgIpc) is 2.30. The molecule has 0 spiro atoms. The van der Waals surface area contributed by atoms with Gasteiger partial charge in [0.05, 0.1) is 17.6 Å². The zero-order valence-electron chi connectivity index (χ0n) is 8.93. The van der Waals surface area contributed by atoms with Gasteiger partial charge in [0.15, 0.2) is 0 Å². The molecular weight excluding hydrogens is 248 g/mol. The van der Waals surface area contributed by atoms with Crippen LogP contribution in [0.3, 0.4) is 0 Å². The Hall–Kier alpha value is -1.47. The molecule has 0 aliphatic carbocycles. The molecule has 0 radical (unpaired) electrons. The second-order valence-electron chi connectivity index (χ2n) is 3.68. The first-order valence-electron chi connectivity index (χ1n) is 5.17. The minimum atomic E-state index is -0.589. The summed E-state index contributed by atoms with van der Waals surface area (Å²) in [5.74, 6) is 0.144. The highest BCUT2D eigenvalue weighted by molar-refractivity contribution is 6.31. The third-order valence-corrected chi connectivity index (χ3v) is 2.74. The summed E-state index contributed by atoms with van der Waals surface area (Å²) in [6.45, 7) is 1.24. The van der Waals surface area contributed by atoms with Crippen molar-refractivity contribution in [2.45, 2.75) is 18.9 Å². The van der Waals surface area contributed by atoms with E-state index in [1.54, 1.807) is 0 Å². The predicted molar refractivity (Wildman–Crippen MR) is 61.2 cm³/mol. The van der Waals surface area contributed by atoms with Crippen LogP contribution >= 0.6 is 11.6 Å². The highest BCUT2D eigenvalue weighted by Gasteiger charge is 2.24. The number of nitrogens with zero attached hydrogens (tertiary/aromatic N) is 3. The summed E-state index contributed by atoms with van der Waals surface area (Å²) in [5, 5.41) is 13.7. The molecule has 8 heteroatoms. The second-order valence-corrected chi connectivity index (χ2v) is 4.04. The van der Waals surface area contributed by atoms with Crippen LogP contribution in [-0.2, 0) is 4.74 Å². The van der Waals surface area contributed by atoms with E-state index in [4.69, 9.17) is 16.3 Å². The second kappa shape index (κ2) is 5.24. The molecule has 17 heavy (non-hydrogen) atoms. The van der Waals surface area contributed by atoms with Crippen molar-refractivity contribution in [1.82, 2.24) is 9.97 Å². The summed E-state index contributed by atoms with van der Waals surface area (Å²) >= 11 is 5.68. The van der Waals surface area contributed by atoms with Gasteiger partial charge in [0.1, 0.15) is 6.33 Å². The molecule has 1 N–H and O–H groups in total. The van der Waals surface area contributed by atoms with Crippen molar-refractivity contribution in [1.29, 1.82) is 0 Å². The molecule has 1 aliphatic rings.